The Morgan fingerprint density at radius 2 is 2.06 bits per heavy atom. The van der Waals surface area contributed by atoms with Crippen LogP contribution in [0.1, 0.15) is 43.0 Å². The van der Waals surface area contributed by atoms with Crippen LogP contribution < -0.4 is 0 Å². The Bertz CT molecular complexity index is 514. The second-order valence-corrected chi connectivity index (χ2v) is 4.37. The van der Waals surface area contributed by atoms with E-state index in [-0.39, 0.29) is 5.78 Å². The maximum atomic E-state index is 12.0. The summed E-state index contributed by atoms with van der Waals surface area (Å²) in [5.74, 6) is 0.258. The third-order valence-corrected chi connectivity index (χ3v) is 3.01. The van der Waals surface area contributed by atoms with E-state index in [0.29, 0.717) is 6.42 Å². The van der Waals surface area contributed by atoms with Crippen molar-refractivity contribution in [3.05, 3.63) is 48.0 Å². The van der Waals surface area contributed by atoms with Crippen molar-refractivity contribution in [2.45, 2.75) is 32.6 Å². The largest absolute Gasteiger partial charge is 0.294 e. The van der Waals surface area contributed by atoms with Crippen LogP contribution in [0, 0.1) is 6.07 Å². The fraction of sp³-hybridized carbons (Fsp3) is 0.312. The van der Waals surface area contributed by atoms with Gasteiger partial charge in [0.15, 0.2) is 5.78 Å². The number of unbranched alkanes of at least 4 members (excludes halogenated alkanes) is 2. The third kappa shape index (κ3) is 2.94. The van der Waals surface area contributed by atoms with Crippen LogP contribution >= 0.6 is 0 Å². The Kier molecular flexibility index (Phi) is 3.92. The summed E-state index contributed by atoms with van der Waals surface area (Å²) in [6, 6.07) is 14.8. The molecule has 87 valence electrons. The number of Topliss-reactive ketones (excluding diaryl/α,β-unsaturated/α-hetero) is 1. The number of carbonyl (C=O) groups is 1. The zero-order valence-corrected chi connectivity index (χ0v) is 10.2. The fourth-order valence-electron chi connectivity index (χ4n) is 1.98. The van der Waals surface area contributed by atoms with Gasteiger partial charge in [-0.1, -0.05) is 44.0 Å². The van der Waals surface area contributed by atoms with E-state index in [2.05, 4.69) is 13.0 Å². The Labute approximate surface area is 102 Å². The number of hydrogen-bond donors (Lipinski definition) is 0. The van der Waals surface area contributed by atoms with Gasteiger partial charge in [0, 0.05) is 12.0 Å². The lowest BCUT2D eigenvalue weighted by atomic mass is 10.0. The van der Waals surface area contributed by atoms with Crippen molar-refractivity contribution in [2.24, 2.45) is 0 Å². The second-order valence-electron chi connectivity index (χ2n) is 4.37. The van der Waals surface area contributed by atoms with Crippen molar-refractivity contribution in [3.8, 4) is 0 Å². The minimum atomic E-state index is 0.258. The van der Waals surface area contributed by atoms with Crippen LogP contribution in [0.25, 0.3) is 10.8 Å². The molecule has 0 atom stereocenters. The number of carbonyl (C=O) groups excluding carboxylic acids is 1. The van der Waals surface area contributed by atoms with Gasteiger partial charge in [-0.3, -0.25) is 4.79 Å². The summed E-state index contributed by atoms with van der Waals surface area (Å²) < 4.78 is 0. The van der Waals surface area contributed by atoms with Crippen molar-refractivity contribution in [1.82, 2.24) is 0 Å². The molecule has 0 aliphatic carbocycles. The molecule has 2 rings (SSSR count). The van der Waals surface area contributed by atoms with E-state index in [1.54, 1.807) is 0 Å². The van der Waals surface area contributed by atoms with Crippen molar-refractivity contribution in [1.29, 1.82) is 0 Å². The predicted molar refractivity (Wildman–Crippen MR) is 71.3 cm³/mol. The number of rotatable bonds is 5. The molecule has 0 bridgehead atoms. The average Bonchev–Trinajstić information content (AvgIpc) is 2.38. The molecule has 17 heavy (non-hydrogen) atoms. The second kappa shape index (κ2) is 5.62. The van der Waals surface area contributed by atoms with E-state index in [9.17, 15) is 4.79 Å². The summed E-state index contributed by atoms with van der Waals surface area (Å²) in [5.41, 5.74) is 0.833. The molecule has 0 aliphatic rings. The molecule has 0 saturated heterocycles. The molecule has 0 fully saturated rings. The molecule has 0 aliphatic heterocycles. The molecule has 0 aromatic heterocycles. The summed E-state index contributed by atoms with van der Waals surface area (Å²) >= 11 is 0. The topological polar surface area (TPSA) is 17.1 Å². The molecule has 0 spiro atoms. The summed E-state index contributed by atoms with van der Waals surface area (Å²) in [5, 5.41) is 2.25. The highest BCUT2D eigenvalue weighted by Crippen LogP contribution is 2.17. The molecule has 2 aromatic carbocycles. The van der Waals surface area contributed by atoms with E-state index in [1.165, 1.54) is 0 Å². The van der Waals surface area contributed by atoms with Gasteiger partial charge in [0.2, 0.25) is 0 Å². The molecule has 1 heteroatoms. The number of fused-ring (bicyclic) bond motifs is 1. The molecule has 2 aromatic rings. The van der Waals surface area contributed by atoms with Crippen molar-refractivity contribution in [2.75, 3.05) is 0 Å². The Balaban J connectivity index is 2.15. The van der Waals surface area contributed by atoms with Gasteiger partial charge < -0.3 is 0 Å². The Morgan fingerprint density at radius 1 is 1.18 bits per heavy atom. The van der Waals surface area contributed by atoms with Gasteiger partial charge in [0.1, 0.15) is 0 Å². The summed E-state index contributed by atoms with van der Waals surface area (Å²) in [7, 11) is 0. The van der Waals surface area contributed by atoms with Crippen molar-refractivity contribution >= 4 is 16.6 Å². The maximum Gasteiger partial charge on any atom is 0.162 e. The number of benzene rings is 2. The smallest absolute Gasteiger partial charge is 0.162 e. The van der Waals surface area contributed by atoms with Gasteiger partial charge in [0.25, 0.3) is 0 Å². The summed E-state index contributed by atoms with van der Waals surface area (Å²) in [6.45, 7) is 2.15. The van der Waals surface area contributed by atoms with E-state index in [1.807, 2.05) is 36.4 Å². The van der Waals surface area contributed by atoms with Crippen molar-refractivity contribution < 1.29 is 4.79 Å². The average molecular weight is 225 g/mol. The summed E-state index contributed by atoms with van der Waals surface area (Å²) in [6.07, 6.45) is 3.95. The highest BCUT2D eigenvalue weighted by molar-refractivity contribution is 5.99. The quantitative estimate of drug-likeness (QED) is 0.544. The first kappa shape index (κ1) is 11.8. The van der Waals surface area contributed by atoms with E-state index in [4.69, 9.17) is 0 Å². The molecule has 0 unspecified atom stereocenters. The summed E-state index contributed by atoms with van der Waals surface area (Å²) in [4.78, 5) is 12.0. The Morgan fingerprint density at radius 3 is 2.88 bits per heavy atom. The number of ketones is 1. The van der Waals surface area contributed by atoms with Crippen LogP contribution in [0.15, 0.2) is 36.4 Å². The molecule has 1 radical (unpaired) electrons. The standard InChI is InChI=1S/C16H17O/c1-2-3-4-9-16(17)15-11-10-13-7-5-6-8-14(13)12-15/h6-8,10-12H,2-4,9H2,1H3. The monoisotopic (exact) mass is 225 g/mol. The lowest BCUT2D eigenvalue weighted by molar-refractivity contribution is 0.0979. The lowest BCUT2D eigenvalue weighted by Crippen LogP contribution is -1.98. The van der Waals surface area contributed by atoms with Gasteiger partial charge in [-0.25, -0.2) is 0 Å². The van der Waals surface area contributed by atoms with Gasteiger partial charge in [0.05, 0.1) is 0 Å². The van der Waals surface area contributed by atoms with Crippen LogP contribution in [0.3, 0.4) is 0 Å². The zero-order valence-electron chi connectivity index (χ0n) is 10.2. The van der Waals surface area contributed by atoms with Crippen LogP contribution in [0.4, 0.5) is 0 Å². The van der Waals surface area contributed by atoms with Gasteiger partial charge in [-0.15, -0.1) is 0 Å². The third-order valence-electron chi connectivity index (χ3n) is 3.01. The van der Waals surface area contributed by atoms with E-state index >= 15 is 0 Å². The molecular weight excluding hydrogens is 208 g/mol. The maximum absolute atomic E-state index is 12.0. The van der Waals surface area contributed by atoms with Crippen LogP contribution in [-0.2, 0) is 0 Å². The van der Waals surface area contributed by atoms with E-state index < -0.39 is 0 Å². The Hall–Kier alpha value is -1.63. The minimum Gasteiger partial charge on any atom is -0.294 e. The first-order valence-electron chi connectivity index (χ1n) is 6.24. The molecule has 1 nitrogen and oxygen atoms in total. The highest BCUT2D eigenvalue weighted by Gasteiger charge is 2.05. The van der Waals surface area contributed by atoms with Gasteiger partial charge in [-0.05, 0) is 35.4 Å². The first-order valence-corrected chi connectivity index (χ1v) is 6.24. The fourth-order valence-corrected chi connectivity index (χ4v) is 1.98. The van der Waals surface area contributed by atoms with Crippen molar-refractivity contribution in [3.63, 3.8) is 0 Å². The molecule has 0 amide bonds. The zero-order chi connectivity index (χ0) is 12.1. The minimum absolute atomic E-state index is 0.258. The SMILES string of the molecule is CCCCCC(=O)c1ccc2c[c]ccc2c1. The lowest BCUT2D eigenvalue weighted by Gasteiger charge is -2.03. The van der Waals surface area contributed by atoms with Gasteiger partial charge >= 0.3 is 0 Å². The van der Waals surface area contributed by atoms with Gasteiger partial charge in [-0.2, -0.15) is 0 Å². The normalized spacial score (nSPS) is 10.6. The van der Waals surface area contributed by atoms with E-state index in [0.717, 1.165) is 35.6 Å². The number of hydrogen-bond acceptors (Lipinski definition) is 1. The molecule has 0 N–H and O–H groups in total. The molecular formula is C16H17O. The highest BCUT2D eigenvalue weighted by atomic mass is 16.1. The van der Waals surface area contributed by atoms with Crippen LogP contribution in [0.5, 0.6) is 0 Å². The van der Waals surface area contributed by atoms with Crippen LogP contribution in [0.2, 0.25) is 0 Å². The molecule has 0 heterocycles. The van der Waals surface area contributed by atoms with Crippen LogP contribution in [-0.4, -0.2) is 5.78 Å². The molecule has 0 saturated carbocycles. The first-order chi connectivity index (χ1) is 8.31. The predicted octanol–water partition coefficient (Wildman–Crippen LogP) is 4.40.